The van der Waals surface area contributed by atoms with Crippen LogP contribution in [0.5, 0.6) is 0 Å². The summed E-state index contributed by atoms with van der Waals surface area (Å²) in [6.45, 7) is 0. The Bertz CT molecular complexity index is 762. The summed E-state index contributed by atoms with van der Waals surface area (Å²) in [6, 6.07) is 13.5. The molecule has 0 spiro atoms. The Morgan fingerprint density at radius 1 is 0.833 bits per heavy atom. The van der Waals surface area contributed by atoms with E-state index in [1.807, 2.05) is 0 Å². The maximum absolute atomic E-state index is 12.0. The maximum atomic E-state index is 12.0. The Morgan fingerprint density at radius 3 is 1.96 bits per heavy atom. The first-order chi connectivity index (χ1) is 11.6. The number of anilines is 3. The molecule has 3 rings (SSSR count). The third-order valence-corrected chi connectivity index (χ3v) is 3.61. The van der Waals surface area contributed by atoms with E-state index in [4.69, 9.17) is 11.6 Å². The predicted molar refractivity (Wildman–Crippen MR) is 95.7 cm³/mol. The second-order valence-corrected chi connectivity index (χ2v) is 5.98. The van der Waals surface area contributed by atoms with Crippen molar-refractivity contribution < 1.29 is 9.59 Å². The van der Waals surface area contributed by atoms with Crippen LogP contribution in [0.3, 0.4) is 0 Å². The molecule has 0 heterocycles. The summed E-state index contributed by atoms with van der Waals surface area (Å²) in [5.74, 6) is 0. The molecule has 4 N–H and O–H groups in total. The molecule has 2 aromatic carbocycles. The fourth-order valence-corrected chi connectivity index (χ4v) is 2.30. The zero-order valence-electron chi connectivity index (χ0n) is 12.8. The summed E-state index contributed by atoms with van der Waals surface area (Å²) < 4.78 is 0. The maximum Gasteiger partial charge on any atom is 0.323 e. The van der Waals surface area contributed by atoms with Gasteiger partial charge in [0.15, 0.2) is 0 Å². The zero-order chi connectivity index (χ0) is 16.9. The van der Waals surface area contributed by atoms with Crippen LogP contribution >= 0.6 is 11.6 Å². The number of hydrogen-bond acceptors (Lipinski definition) is 2. The van der Waals surface area contributed by atoms with Crippen molar-refractivity contribution in [2.75, 3.05) is 16.0 Å². The van der Waals surface area contributed by atoms with Crippen LogP contribution in [0.2, 0.25) is 5.02 Å². The minimum Gasteiger partial charge on any atom is -0.335 e. The molecular formula is C17H17ClN4O2. The highest BCUT2D eigenvalue weighted by molar-refractivity contribution is 6.30. The lowest BCUT2D eigenvalue weighted by atomic mass is 10.3. The molecule has 0 saturated heterocycles. The number of urea groups is 2. The minimum atomic E-state index is -0.392. The van der Waals surface area contributed by atoms with E-state index in [-0.39, 0.29) is 12.1 Å². The van der Waals surface area contributed by atoms with Gasteiger partial charge >= 0.3 is 12.1 Å². The van der Waals surface area contributed by atoms with Crippen LogP contribution in [0.4, 0.5) is 26.7 Å². The van der Waals surface area contributed by atoms with Gasteiger partial charge in [-0.1, -0.05) is 23.7 Å². The van der Waals surface area contributed by atoms with Crippen molar-refractivity contribution in [3.63, 3.8) is 0 Å². The van der Waals surface area contributed by atoms with Gasteiger partial charge < -0.3 is 21.3 Å². The molecule has 1 saturated carbocycles. The number of nitrogens with one attached hydrogen (secondary N) is 4. The first-order valence-corrected chi connectivity index (χ1v) is 7.97. The second-order valence-electron chi connectivity index (χ2n) is 5.54. The van der Waals surface area contributed by atoms with Gasteiger partial charge in [-0.25, -0.2) is 9.59 Å². The Hall–Kier alpha value is -2.73. The van der Waals surface area contributed by atoms with Crippen LogP contribution < -0.4 is 21.3 Å². The second kappa shape index (κ2) is 7.23. The van der Waals surface area contributed by atoms with Crippen molar-refractivity contribution in [1.29, 1.82) is 0 Å². The Balaban J connectivity index is 1.57. The van der Waals surface area contributed by atoms with Crippen LogP contribution in [0.25, 0.3) is 0 Å². The molecule has 0 bridgehead atoms. The van der Waals surface area contributed by atoms with Gasteiger partial charge in [0.1, 0.15) is 0 Å². The van der Waals surface area contributed by atoms with Gasteiger partial charge in [-0.2, -0.15) is 0 Å². The van der Waals surface area contributed by atoms with Gasteiger partial charge in [0.25, 0.3) is 0 Å². The normalized spacial score (nSPS) is 13.0. The van der Waals surface area contributed by atoms with E-state index in [9.17, 15) is 9.59 Å². The lowest BCUT2D eigenvalue weighted by Crippen LogP contribution is -2.30. The number of rotatable bonds is 4. The highest BCUT2D eigenvalue weighted by Gasteiger charge is 2.23. The molecule has 0 radical (unpaired) electrons. The van der Waals surface area contributed by atoms with Crippen molar-refractivity contribution in [3.05, 3.63) is 53.6 Å². The lowest BCUT2D eigenvalue weighted by molar-refractivity contribution is 0.251. The van der Waals surface area contributed by atoms with Crippen LogP contribution in [-0.4, -0.2) is 18.1 Å². The summed E-state index contributed by atoms with van der Waals surface area (Å²) in [5, 5.41) is 11.5. The average Bonchev–Trinajstić information content (AvgIpc) is 3.31. The summed E-state index contributed by atoms with van der Waals surface area (Å²) in [5.41, 5.74) is 1.77. The highest BCUT2D eigenvalue weighted by atomic mass is 35.5. The third kappa shape index (κ3) is 4.89. The van der Waals surface area contributed by atoms with E-state index in [1.54, 1.807) is 48.5 Å². The van der Waals surface area contributed by atoms with E-state index in [0.29, 0.717) is 22.1 Å². The SMILES string of the molecule is O=C(Nc1cccc(Cl)c1)Nc1cccc(NC(=O)NC2CC2)c1. The number of benzene rings is 2. The fourth-order valence-electron chi connectivity index (χ4n) is 2.11. The molecule has 1 aliphatic carbocycles. The van der Waals surface area contributed by atoms with Crippen molar-refractivity contribution >= 4 is 40.7 Å². The van der Waals surface area contributed by atoms with Gasteiger partial charge in [-0.15, -0.1) is 0 Å². The highest BCUT2D eigenvalue weighted by Crippen LogP contribution is 2.20. The van der Waals surface area contributed by atoms with Crippen LogP contribution in [-0.2, 0) is 0 Å². The summed E-state index contributed by atoms with van der Waals surface area (Å²) >= 11 is 5.88. The van der Waals surface area contributed by atoms with E-state index >= 15 is 0 Å². The molecule has 124 valence electrons. The molecular weight excluding hydrogens is 328 g/mol. The molecule has 1 aliphatic rings. The molecule has 2 aromatic rings. The van der Waals surface area contributed by atoms with Crippen molar-refractivity contribution in [2.24, 2.45) is 0 Å². The monoisotopic (exact) mass is 344 g/mol. The molecule has 4 amide bonds. The van der Waals surface area contributed by atoms with Crippen LogP contribution in [0.1, 0.15) is 12.8 Å². The smallest absolute Gasteiger partial charge is 0.323 e. The van der Waals surface area contributed by atoms with Crippen molar-refractivity contribution in [3.8, 4) is 0 Å². The molecule has 6 nitrogen and oxygen atoms in total. The van der Waals surface area contributed by atoms with Crippen LogP contribution in [0.15, 0.2) is 48.5 Å². The average molecular weight is 345 g/mol. The Kier molecular flexibility index (Phi) is 4.86. The zero-order valence-corrected chi connectivity index (χ0v) is 13.6. The summed E-state index contributed by atoms with van der Waals surface area (Å²) in [4.78, 5) is 23.8. The van der Waals surface area contributed by atoms with Gasteiger partial charge in [-0.05, 0) is 49.2 Å². The fraction of sp³-hybridized carbons (Fsp3) is 0.176. The minimum absolute atomic E-state index is 0.238. The molecule has 0 aliphatic heterocycles. The number of hydrogen-bond donors (Lipinski definition) is 4. The van der Waals surface area contributed by atoms with E-state index in [2.05, 4.69) is 21.3 Å². The topological polar surface area (TPSA) is 82.3 Å². The molecule has 0 aromatic heterocycles. The number of carbonyl (C=O) groups excluding carboxylic acids is 2. The molecule has 0 unspecified atom stereocenters. The van der Waals surface area contributed by atoms with Gasteiger partial charge in [0.05, 0.1) is 0 Å². The summed E-state index contributed by atoms with van der Waals surface area (Å²) in [7, 11) is 0. The van der Waals surface area contributed by atoms with E-state index in [1.165, 1.54) is 0 Å². The molecule has 7 heteroatoms. The van der Waals surface area contributed by atoms with E-state index in [0.717, 1.165) is 12.8 Å². The van der Waals surface area contributed by atoms with Gasteiger partial charge in [0, 0.05) is 28.1 Å². The van der Waals surface area contributed by atoms with Gasteiger partial charge in [0.2, 0.25) is 0 Å². The molecule has 0 atom stereocenters. The summed E-state index contributed by atoms with van der Waals surface area (Å²) in [6.07, 6.45) is 2.05. The Morgan fingerprint density at radius 2 is 1.38 bits per heavy atom. The number of carbonyl (C=O) groups is 2. The van der Waals surface area contributed by atoms with Crippen LogP contribution in [0, 0.1) is 0 Å². The first-order valence-electron chi connectivity index (χ1n) is 7.60. The standard InChI is InChI=1S/C17H17ClN4O2/c18-11-3-1-4-13(9-11)20-17(24)22-15-6-2-5-14(10-15)21-16(23)19-12-7-8-12/h1-6,9-10,12H,7-8H2,(H2,19,21,23)(H2,20,22,24). The predicted octanol–water partition coefficient (Wildman–Crippen LogP) is 4.27. The quantitative estimate of drug-likeness (QED) is 0.668. The van der Waals surface area contributed by atoms with Gasteiger partial charge in [-0.3, -0.25) is 0 Å². The molecule has 1 fully saturated rings. The number of amides is 4. The largest absolute Gasteiger partial charge is 0.335 e. The molecule has 24 heavy (non-hydrogen) atoms. The lowest BCUT2D eigenvalue weighted by Gasteiger charge is -2.10. The third-order valence-electron chi connectivity index (χ3n) is 3.37. The first kappa shape index (κ1) is 16.1. The van der Waals surface area contributed by atoms with Crippen molar-refractivity contribution in [1.82, 2.24) is 5.32 Å². The number of halogens is 1. The van der Waals surface area contributed by atoms with Crippen molar-refractivity contribution in [2.45, 2.75) is 18.9 Å². The van der Waals surface area contributed by atoms with E-state index < -0.39 is 6.03 Å². The Labute approximate surface area is 144 Å².